The lowest BCUT2D eigenvalue weighted by Gasteiger charge is -2.54. The Hall–Kier alpha value is -0.740. The third-order valence-electron chi connectivity index (χ3n) is 2.98. The standard InChI is InChI=1S/C7H12N2O6S/c8-5-6(10)9(15-16(11,12)13)7(5)1-3-14-4-2-7/h5H,1-4,8H2,(H,11,12,13). The number of nitrogens with zero attached hydrogens (tertiary/aromatic N) is 1. The van der Waals surface area contributed by atoms with Gasteiger partial charge in [0.15, 0.2) is 0 Å². The first-order valence-corrected chi connectivity index (χ1v) is 6.08. The molecule has 92 valence electrons. The number of rotatable bonds is 2. The summed E-state index contributed by atoms with van der Waals surface area (Å²) < 4.78 is 39.0. The zero-order valence-corrected chi connectivity index (χ0v) is 9.14. The fourth-order valence-electron chi connectivity index (χ4n) is 2.08. The molecule has 2 aliphatic rings. The summed E-state index contributed by atoms with van der Waals surface area (Å²) in [5.41, 5.74) is 4.77. The minimum Gasteiger partial charge on any atom is -0.381 e. The van der Waals surface area contributed by atoms with Gasteiger partial charge in [0.1, 0.15) is 11.6 Å². The van der Waals surface area contributed by atoms with Crippen LogP contribution in [0.3, 0.4) is 0 Å². The molecule has 0 aliphatic carbocycles. The second-order valence-electron chi connectivity index (χ2n) is 3.83. The molecule has 2 rings (SSSR count). The lowest BCUT2D eigenvalue weighted by atomic mass is 9.75. The molecule has 16 heavy (non-hydrogen) atoms. The molecule has 2 saturated heterocycles. The summed E-state index contributed by atoms with van der Waals surface area (Å²) in [5, 5.41) is 0.648. The Morgan fingerprint density at radius 3 is 2.56 bits per heavy atom. The van der Waals surface area contributed by atoms with Gasteiger partial charge in [-0.1, -0.05) is 0 Å². The van der Waals surface area contributed by atoms with E-state index in [4.69, 9.17) is 15.0 Å². The van der Waals surface area contributed by atoms with Gasteiger partial charge in [-0.3, -0.25) is 9.35 Å². The maximum Gasteiger partial charge on any atom is 0.418 e. The molecule has 0 aromatic carbocycles. The van der Waals surface area contributed by atoms with E-state index < -0.39 is 27.9 Å². The number of nitrogens with two attached hydrogens (primary N) is 1. The van der Waals surface area contributed by atoms with Gasteiger partial charge in [0.2, 0.25) is 0 Å². The van der Waals surface area contributed by atoms with Gasteiger partial charge in [0, 0.05) is 13.2 Å². The van der Waals surface area contributed by atoms with Crippen molar-refractivity contribution in [1.82, 2.24) is 5.06 Å². The lowest BCUT2D eigenvalue weighted by Crippen LogP contribution is -2.78. The van der Waals surface area contributed by atoms with E-state index in [1.165, 1.54) is 0 Å². The SMILES string of the molecule is NC1C(=O)N(OS(=O)(=O)O)C12CCOCC2. The Balaban J connectivity index is 2.19. The van der Waals surface area contributed by atoms with Crippen LogP contribution in [0.25, 0.3) is 0 Å². The molecular formula is C7H12N2O6S. The van der Waals surface area contributed by atoms with Crippen LogP contribution in [0.1, 0.15) is 12.8 Å². The minimum atomic E-state index is -4.71. The average Bonchev–Trinajstić information content (AvgIpc) is 2.25. The maximum atomic E-state index is 11.4. The van der Waals surface area contributed by atoms with Gasteiger partial charge in [0.05, 0.1) is 0 Å². The quantitative estimate of drug-likeness (QED) is 0.450. The molecule has 9 heteroatoms. The Morgan fingerprint density at radius 1 is 1.50 bits per heavy atom. The Bertz CT molecular complexity index is 401. The highest BCUT2D eigenvalue weighted by molar-refractivity contribution is 7.80. The molecule has 0 saturated carbocycles. The van der Waals surface area contributed by atoms with E-state index in [-0.39, 0.29) is 0 Å². The number of hydroxylamine groups is 2. The normalized spacial score (nSPS) is 29.2. The van der Waals surface area contributed by atoms with Crippen LogP contribution in [-0.4, -0.2) is 48.7 Å². The minimum absolute atomic E-state index is 0.367. The van der Waals surface area contributed by atoms with Crippen LogP contribution in [0, 0.1) is 0 Å². The molecule has 1 spiro atoms. The van der Waals surface area contributed by atoms with Gasteiger partial charge < -0.3 is 10.5 Å². The molecule has 2 heterocycles. The fraction of sp³-hybridized carbons (Fsp3) is 0.857. The first kappa shape index (κ1) is 11.7. The molecule has 3 N–H and O–H groups in total. The van der Waals surface area contributed by atoms with Crippen molar-refractivity contribution < 1.29 is 26.8 Å². The Kier molecular flexibility index (Phi) is 2.67. The van der Waals surface area contributed by atoms with Crippen LogP contribution in [0.5, 0.6) is 0 Å². The number of hydrogen-bond donors (Lipinski definition) is 2. The lowest BCUT2D eigenvalue weighted by molar-refractivity contribution is -0.236. The molecule has 0 bridgehead atoms. The van der Waals surface area contributed by atoms with E-state index in [9.17, 15) is 13.2 Å². The number of carbonyl (C=O) groups excluding carboxylic acids is 1. The highest BCUT2D eigenvalue weighted by Gasteiger charge is 2.61. The van der Waals surface area contributed by atoms with Crippen LogP contribution in [0.2, 0.25) is 0 Å². The topological polar surface area (TPSA) is 119 Å². The summed E-state index contributed by atoms with van der Waals surface area (Å²) in [6.45, 7) is 0.735. The summed E-state index contributed by atoms with van der Waals surface area (Å²) in [7, 11) is -4.71. The third kappa shape index (κ3) is 1.70. The van der Waals surface area contributed by atoms with Gasteiger partial charge in [-0.15, -0.1) is 4.28 Å². The zero-order chi connectivity index (χ0) is 12.0. The van der Waals surface area contributed by atoms with Crippen LogP contribution < -0.4 is 5.73 Å². The van der Waals surface area contributed by atoms with Crippen molar-refractivity contribution in [3.63, 3.8) is 0 Å². The van der Waals surface area contributed by atoms with Crippen LogP contribution in [-0.2, 0) is 24.2 Å². The number of hydrogen-bond acceptors (Lipinski definition) is 6. The summed E-state index contributed by atoms with van der Waals surface area (Å²) in [6.07, 6.45) is 0.769. The number of β-lactam (4-membered cyclic amide) rings is 1. The van der Waals surface area contributed by atoms with Gasteiger partial charge in [0.25, 0.3) is 5.91 Å². The van der Waals surface area contributed by atoms with Gasteiger partial charge >= 0.3 is 10.4 Å². The van der Waals surface area contributed by atoms with E-state index in [1.807, 2.05) is 0 Å². The van der Waals surface area contributed by atoms with E-state index in [2.05, 4.69) is 4.28 Å². The summed E-state index contributed by atoms with van der Waals surface area (Å²) in [6, 6.07) is -0.807. The molecule has 8 nitrogen and oxygen atoms in total. The molecule has 1 amide bonds. The monoisotopic (exact) mass is 252 g/mol. The van der Waals surface area contributed by atoms with Crippen molar-refractivity contribution in [2.24, 2.45) is 5.73 Å². The van der Waals surface area contributed by atoms with Crippen LogP contribution >= 0.6 is 0 Å². The summed E-state index contributed by atoms with van der Waals surface area (Å²) in [4.78, 5) is 11.4. The smallest absolute Gasteiger partial charge is 0.381 e. The molecular weight excluding hydrogens is 240 g/mol. The molecule has 1 atom stereocenters. The van der Waals surface area contributed by atoms with E-state index >= 15 is 0 Å². The number of ether oxygens (including phenoxy) is 1. The van der Waals surface area contributed by atoms with Crippen molar-refractivity contribution in [3.05, 3.63) is 0 Å². The first-order chi connectivity index (χ1) is 7.37. The third-order valence-corrected chi connectivity index (χ3v) is 3.31. The molecule has 2 fully saturated rings. The molecule has 0 aromatic rings. The van der Waals surface area contributed by atoms with Gasteiger partial charge in [-0.2, -0.15) is 13.5 Å². The number of amides is 1. The van der Waals surface area contributed by atoms with Gasteiger partial charge in [-0.05, 0) is 12.8 Å². The highest BCUT2D eigenvalue weighted by atomic mass is 32.3. The molecule has 2 aliphatic heterocycles. The highest BCUT2D eigenvalue weighted by Crippen LogP contribution is 2.40. The van der Waals surface area contributed by atoms with E-state index in [1.54, 1.807) is 0 Å². The summed E-state index contributed by atoms with van der Waals surface area (Å²) >= 11 is 0. The van der Waals surface area contributed by atoms with Crippen molar-refractivity contribution in [2.45, 2.75) is 24.4 Å². The zero-order valence-electron chi connectivity index (χ0n) is 8.33. The van der Waals surface area contributed by atoms with Crippen molar-refractivity contribution in [1.29, 1.82) is 0 Å². The molecule has 0 aromatic heterocycles. The van der Waals surface area contributed by atoms with Crippen LogP contribution in [0.15, 0.2) is 0 Å². The van der Waals surface area contributed by atoms with E-state index in [0.717, 1.165) is 0 Å². The predicted molar refractivity (Wildman–Crippen MR) is 50.2 cm³/mol. The average molecular weight is 252 g/mol. The maximum absolute atomic E-state index is 11.4. The Labute approximate surface area is 92.2 Å². The van der Waals surface area contributed by atoms with Crippen molar-refractivity contribution in [2.75, 3.05) is 13.2 Å². The molecule has 1 unspecified atom stereocenters. The Morgan fingerprint density at radius 2 is 2.06 bits per heavy atom. The second kappa shape index (κ2) is 3.64. The van der Waals surface area contributed by atoms with Crippen molar-refractivity contribution in [3.8, 4) is 0 Å². The molecule has 0 radical (unpaired) electrons. The largest absolute Gasteiger partial charge is 0.418 e. The van der Waals surface area contributed by atoms with Crippen molar-refractivity contribution >= 4 is 16.3 Å². The second-order valence-corrected chi connectivity index (χ2v) is 4.83. The fourth-order valence-corrected chi connectivity index (χ4v) is 2.49. The number of carbonyl (C=O) groups is 1. The predicted octanol–water partition coefficient (Wildman–Crippen LogP) is -1.56. The first-order valence-electron chi connectivity index (χ1n) is 4.71. The van der Waals surface area contributed by atoms with Crippen LogP contribution in [0.4, 0.5) is 0 Å². The summed E-state index contributed by atoms with van der Waals surface area (Å²) in [5.74, 6) is -0.653. The van der Waals surface area contributed by atoms with E-state index in [0.29, 0.717) is 31.1 Å². The van der Waals surface area contributed by atoms with Gasteiger partial charge in [-0.25, -0.2) is 0 Å².